The SMILES string of the molecule is CCCOC1CCCN(C(CN)c2ccc(F)c(C)c2)C1. The molecule has 1 aromatic rings. The molecule has 0 aromatic heterocycles. The molecule has 0 aliphatic carbocycles. The molecule has 0 saturated carbocycles. The second kappa shape index (κ2) is 7.87. The molecule has 1 fully saturated rings. The van der Waals surface area contributed by atoms with Crippen LogP contribution >= 0.6 is 0 Å². The normalized spacial score (nSPS) is 21.4. The summed E-state index contributed by atoms with van der Waals surface area (Å²) >= 11 is 0. The maximum absolute atomic E-state index is 13.4. The minimum atomic E-state index is -0.155. The Balaban J connectivity index is 2.07. The number of nitrogens with zero attached hydrogens (tertiary/aromatic N) is 1. The lowest BCUT2D eigenvalue weighted by molar-refractivity contribution is -0.0118. The Labute approximate surface area is 127 Å². The smallest absolute Gasteiger partial charge is 0.126 e. The van der Waals surface area contributed by atoms with Crippen molar-refractivity contribution in [1.82, 2.24) is 4.90 Å². The van der Waals surface area contributed by atoms with Gasteiger partial charge in [0.2, 0.25) is 0 Å². The number of nitrogens with two attached hydrogens (primary N) is 1. The van der Waals surface area contributed by atoms with E-state index in [1.807, 2.05) is 12.1 Å². The Bertz CT molecular complexity index is 452. The van der Waals surface area contributed by atoms with Crippen molar-refractivity contribution in [3.63, 3.8) is 0 Å². The molecule has 1 heterocycles. The standard InChI is InChI=1S/C17H27FN2O/c1-3-9-21-15-5-4-8-20(12-15)17(11-19)14-6-7-16(18)13(2)10-14/h6-7,10,15,17H,3-5,8-9,11-12,19H2,1-2H3. The Kier molecular flexibility index (Phi) is 6.15. The van der Waals surface area contributed by atoms with Gasteiger partial charge in [-0.1, -0.05) is 19.1 Å². The number of hydrogen-bond donors (Lipinski definition) is 1. The van der Waals surface area contributed by atoms with Crippen molar-refractivity contribution < 1.29 is 9.13 Å². The first-order chi connectivity index (χ1) is 10.2. The van der Waals surface area contributed by atoms with Crippen molar-refractivity contribution >= 4 is 0 Å². The molecule has 2 rings (SSSR count). The molecule has 0 amide bonds. The number of hydrogen-bond acceptors (Lipinski definition) is 3. The van der Waals surface area contributed by atoms with E-state index in [-0.39, 0.29) is 11.9 Å². The van der Waals surface area contributed by atoms with E-state index in [9.17, 15) is 4.39 Å². The Morgan fingerprint density at radius 3 is 2.95 bits per heavy atom. The highest BCUT2D eigenvalue weighted by molar-refractivity contribution is 5.27. The summed E-state index contributed by atoms with van der Waals surface area (Å²) in [4.78, 5) is 2.39. The Morgan fingerprint density at radius 2 is 2.29 bits per heavy atom. The van der Waals surface area contributed by atoms with Gasteiger partial charge in [-0.25, -0.2) is 4.39 Å². The third-order valence-electron chi connectivity index (χ3n) is 4.20. The van der Waals surface area contributed by atoms with Crippen LogP contribution in [0.2, 0.25) is 0 Å². The lowest BCUT2D eigenvalue weighted by Gasteiger charge is -2.38. The molecule has 1 aliphatic heterocycles. The van der Waals surface area contributed by atoms with Gasteiger partial charge in [0, 0.05) is 25.7 Å². The number of benzene rings is 1. The van der Waals surface area contributed by atoms with Crippen molar-refractivity contribution in [3.05, 3.63) is 35.1 Å². The van der Waals surface area contributed by atoms with Crippen molar-refractivity contribution in [1.29, 1.82) is 0 Å². The van der Waals surface area contributed by atoms with Gasteiger partial charge in [0.15, 0.2) is 0 Å². The van der Waals surface area contributed by atoms with Crippen LogP contribution in [-0.4, -0.2) is 37.2 Å². The Hall–Kier alpha value is -0.970. The number of rotatable bonds is 6. The second-order valence-corrected chi connectivity index (χ2v) is 5.89. The molecule has 2 atom stereocenters. The molecule has 0 spiro atoms. The van der Waals surface area contributed by atoms with Crippen molar-refractivity contribution in [2.75, 3.05) is 26.2 Å². The molecule has 2 unspecified atom stereocenters. The molecule has 21 heavy (non-hydrogen) atoms. The van der Waals surface area contributed by atoms with E-state index in [1.165, 1.54) is 0 Å². The highest BCUT2D eigenvalue weighted by Crippen LogP contribution is 2.26. The van der Waals surface area contributed by atoms with Gasteiger partial charge in [-0.3, -0.25) is 4.90 Å². The maximum Gasteiger partial charge on any atom is 0.126 e. The molecule has 118 valence electrons. The van der Waals surface area contributed by atoms with Crippen LogP contribution < -0.4 is 5.73 Å². The first-order valence-electron chi connectivity index (χ1n) is 7.97. The first-order valence-corrected chi connectivity index (χ1v) is 7.97. The van der Waals surface area contributed by atoms with Crippen molar-refractivity contribution in [2.24, 2.45) is 5.73 Å². The number of likely N-dealkylation sites (tertiary alicyclic amines) is 1. The fraction of sp³-hybridized carbons (Fsp3) is 0.647. The molecule has 0 radical (unpaired) electrons. The van der Waals surface area contributed by atoms with Gasteiger partial charge >= 0.3 is 0 Å². The van der Waals surface area contributed by atoms with E-state index in [2.05, 4.69) is 11.8 Å². The summed E-state index contributed by atoms with van der Waals surface area (Å²) < 4.78 is 19.3. The molecule has 3 nitrogen and oxygen atoms in total. The first kappa shape index (κ1) is 16.4. The van der Waals surface area contributed by atoms with Crippen LogP contribution in [0.1, 0.15) is 43.4 Å². The lowest BCUT2D eigenvalue weighted by Crippen LogP contribution is -2.44. The van der Waals surface area contributed by atoms with Crippen LogP contribution in [0.25, 0.3) is 0 Å². The minimum absolute atomic E-state index is 0.150. The van der Waals surface area contributed by atoms with E-state index >= 15 is 0 Å². The lowest BCUT2D eigenvalue weighted by atomic mass is 9.99. The summed E-state index contributed by atoms with van der Waals surface area (Å²) in [5.41, 5.74) is 7.78. The average molecular weight is 294 g/mol. The summed E-state index contributed by atoms with van der Waals surface area (Å²) in [6, 6.07) is 5.47. The zero-order valence-corrected chi connectivity index (χ0v) is 13.1. The number of piperidine rings is 1. The summed E-state index contributed by atoms with van der Waals surface area (Å²) in [5, 5.41) is 0. The third-order valence-corrected chi connectivity index (χ3v) is 4.20. The van der Waals surface area contributed by atoms with Crippen LogP contribution in [-0.2, 0) is 4.74 Å². The molecular weight excluding hydrogens is 267 g/mol. The van der Waals surface area contributed by atoms with Gasteiger partial charge < -0.3 is 10.5 Å². The van der Waals surface area contributed by atoms with Crippen LogP contribution in [0.4, 0.5) is 4.39 Å². The summed E-state index contributed by atoms with van der Waals surface area (Å²) in [6.07, 6.45) is 3.60. The number of ether oxygens (including phenoxy) is 1. The van der Waals surface area contributed by atoms with E-state index < -0.39 is 0 Å². The summed E-state index contributed by atoms with van der Waals surface area (Å²) in [5.74, 6) is -0.155. The topological polar surface area (TPSA) is 38.5 Å². The fourth-order valence-electron chi connectivity index (χ4n) is 3.04. The summed E-state index contributed by atoms with van der Waals surface area (Å²) in [7, 11) is 0. The van der Waals surface area contributed by atoms with E-state index in [0.717, 1.165) is 44.5 Å². The molecule has 1 aliphatic rings. The van der Waals surface area contributed by atoms with E-state index in [1.54, 1.807) is 13.0 Å². The Morgan fingerprint density at radius 1 is 1.48 bits per heavy atom. The largest absolute Gasteiger partial charge is 0.377 e. The van der Waals surface area contributed by atoms with Gasteiger partial charge in [-0.2, -0.15) is 0 Å². The predicted octanol–water partition coefficient (Wildman–Crippen LogP) is 3.02. The average Bonchev–Trinajstić information content (AvgIpc) is 2.50. The summed E-state index contributed by atoms with van der Waals surface area (Å²) in [6.45, 7) is 7.25. The highest BCUT2D eigenvalue weighted by atomic mass is 19.1. The number of halogens is 1. The highest BCUT2D eigenvalue weighted by Gasteiger charge is 2.26. The van der Waals surface area contributed by atoms with Gasteiger partial charge in [0.1, 0.15) is 5.82 Å². The van der Waals surface area contributed by atoms with Crippen LogP contribution in [0.3, 0.4) is 0 Å². The molecular formula is C17H27FN2O. The minimum Gasteiger partial charge on any atom is -0.377 e. The zero-order valence-electron chi connectivity index (χ0n) is 13.1. The van der Waals surface area contributed by atoms with Crippen LogP contribution in [0.15, 0.2) is 18.2 Å². The molecule has 2 N–H and O–H groups in total. The molecule has 0 bridgehead atoms. The fourth-order valence-corrected chi connectivity index (χ4v) is 3.04. The molecule has 1 aromatic carbocycles. The monoisotopic (exact) mass is 294 g/mol. The molecule has 1 saturated heterocycles. The van der Waals surface area contributed by atoms with Crippen molar-refractivity contribution in [3.8, 4) is 0 Å². The van der Waals surface area contributed by atoms with Gasteiger partial charge in [-0.05, 0) is 49.9 Å². The van der Waals surface area contributed by atoms with E-state index in [0.29, 0.717) is 18.2 Å². The zero-order chi connectivity index (χ0) is 15.2. The quantitative estimate of drug-likeness (QED) is 0.876. The van der Waals surface area contributed by atoms with Gasteiger partial charge in [-0.15, -0.1) is 0 Å². The number of aryl methyl sites for hydroxylation is 1. The van der Waals surface area contributed by atoms with Gasteiger partial charge in [0.05, 0.1) is 6.10 Å². The third kappa shape index (κ3) is 4.25. The van der Waals surface area contributed by atoms with Crippen molar-refractivity contribution in [2.45, 2.75) is 45.3 Å². The maximum atomic E-state index is 13.4. The van der Waals surface area contributed by atoms with Crippen LogP contribution in [0.5, 0.6) is 0 Å². The molecule has 4 heteroatoms. The predicted molar refractivity (Wildman–Crippen MR) is 83.8 cm³/mol. The van der Waals surface area contributed by atoms with E-state index in [4.69, 9.17) is 10.5 Å². The second-order valence-electron chi connectivity index (χ2n) is 5.89. The van der Waals surface area contributed by atoms with Gasteiger partial charge in [0.25, 0.3) is 0 Å². The van der Waals surface area contributed by atoms with Crippen LogP contribution in [0, 0.1) is 12.7 Å².